The van der Waals surface area contributed by atoms with E-state index in [1.165, 1.54) is 11.3 Å². The van der Waals surface area contributed by atoms with E-state index in [9.17, 15) is 9.59 Å². The molecule has 0 aliphatic heterocycles. The standard InChI is InChI=1S/C19H23N3O5S/c1-3-25-17(23)9-10-27-16-7-5-14(6-8-16)12-20-22-19-21-15(13-28-19)11-18(24)26-4-2/h5-8,12-13H,3-4,9-11H2,1-2H3,(H,21,22). The van der Waals surface area contributed by atoms with Crippen molar-refractivity contribution in [3.63, 3.8) is 0 Å². The van der Waals surface area contributed by atoms with Crippen molar-refractivity contribution in [3.8, 4) is 5.75 Å². The van der Waals surface area contributed by atoms with Crippen molar-refractivity contribution in [3.05, 3.63) is 40.9 Å². The van der Waals surface area contributed by atoms with Gasteiger partial charge in [-0.1, -0.05) is 0 Å². The van der Waals surface area contributed by atoms with E-state index in [1.54, 1.807) is 37.6 Å². The normalized spacial score (nSPS) is 10.6. The number of hydrogen-bond acceptors (Lipinski definition) is 9. The molecule has 8 nitrogen and oxygen atoms in total. The van der Waals surface area contributed by atoms with E-state index >= 15 is 0 Å². The maximum atomic E-state index is 11.4. The molecule has 0 saturated carbocycles. The third-order valence-electron chi connectivity index (χ3n) is 3.32. The van der Waals surface area contributed by atoms with E-state index in [0.717, 1.165) is 5.56 Å². The van der Waals surface area contributed by atoms with Crippen LogP contribution in [-0.2, 0) is 25.5 Å². The van der Waals surface area contributed by atoms with Gasteiger partial charge < -0.3 is 14.2 Å². The molecule has 1 heterocycles. The van der Waals surface area contributed by atoms with Crippen LogP contribution in [0.25, 0.3) is 0 Å². The molecule has 2 rings (SSSR count). The van der Waals surface area contributed by atoms with Gasteiger partial charge in [0.2, 0.25) is 5.13 Å². The summed E-state index contributed by atoms with van der Waals surface area (Å²) in [6.45, 7) is 4.53. The van der Waals surface area contributed by atoms with Crippen LogP contribution in [-0.4, -0.2) is 43.0 Å². The maximum Gasteiger partial charge on any atom is 0.311 e. The molecule has 2 aromatic rings. The highest BCUT2D eigenvalue weighted by Crippen LogP contribution is 2.16. The van der Waals surface area contributed by atoms with Crippen molar-refractivity contribution >= 4 is 34.6 Å². The van der Waals surface area contributed by atoms with E-state index in [1.807, 2.05) is 12.1 Å². The quantitative estimate of drug-likeness (QED) is 0.348. The number of hydrazone groups is 1. The van der Waals surface area contributed by atoms with Gasteiger partial charge in [0.25, 0.3) is 0 Å². The molecule has 1 N–H and O–H groups in total. The minimum Gasteiger partial charge on any atom is -0.493 e. The summed E-state index contributed by atoms with van der Waals surface area (Å²) in [5.74, 6) is 0.0929. The molecule has 0 bridgehead atoms. The largest absolute Gasteiger partial charge is 0.493 e. The van der Waals surface area contributed by atoms with Crippen molar-refractivity contribution in [2.45, 2.75) is 26.7 Å². The number of anilines is 1. The van der Waals surface area contributed by atoms with Crippen LogP contribution in [0.3, 0.4) is 0 Å². The molecule has 0 atom stereocenters. The van der Waals surface area contributed by atoms with E-state index in [4.69, 9.17) is 14.2 Å². The van der Waals surface area contributed by atoms with Gasteiger partial charge in [-0.05, 0) is 43.7 Å². The van der Waals surface area contributed by atoms with Crippen LogP contribution < -0.4 is 10.2 Å². The maximum absolute atomic E-state index is 11.4. The van der Waals surface area contributed by atoms with Gasteiger partial charge in [-0.15, -0.1) is 11.3 Å². The monoisotopic (exact) mass is 405 g/mol. The number of nitrogens with one attached hydrogen (secondary N) is 1. The van der Waals surface area contributed by atoms with E-state index in [0.29, 0.717) is 29.8 Å². The number of esters is 2. The van der Waals surface area contributed by atoms with Crippen LogP contribution >= 0.6 is 11.3 Å². The molecule has 0 saturated heterocycles. The zero-order valence-corrected chi connectivity index (χ0v) is 16.7. The third-order valence-corrected chi connectivity index (χ3v) is 4.11. The summed E-state index contributed by atoms with van der Waals surface area (Å²) in [6, 6.07) is 7.29. The Kier molecular flexibility index (Phi) is 8.93. The molecule has 9 heteroatoms. The predicted molar refractivity (Wildman–Crippen MR) is 107 cm³/mol. The Bertz CT molecular complexity index is 789. The first-order chi connectivity index (χ1) is 13.6. The lowest BCUT2D eigenvalue weighted by atomic mass is 10.2. The minimum atomic E-state index is -0.299. The van der Waals surface area contributed by atoms with Crippen LogP contribution in [0.15, 0.2) is 34.7 Å². The van der Waals surface area contributed by atoms with Crippen molar-refractivity contribution in [2.24, 2.45) is 5.10 Å². The number of thiazole rings is 1. The van der Waals surface area contributed by atoms with Crippen LogP contribution in [0.4, 0.5) is 5.13 Å². The lowest BCUT2D eigenvalue weighted by Crippen LogP contribution is -2.09. The molecule has 0 aliphatic rings. The molecule has 150 valence electrons. The van der Waals surface area contributed by atoms with E-state index < -0.39 is 0 Å². The van der Waals surface area contributed by atoms with E-state index in [2.05, 4.69) is 15.5 Å². The van der Waals surface area contributed by atoms with Gasteiger partial charge in [0.15, 0.2) is 0 Å². The Balaban J connectivity index is 1.76. The Labute approximate surface area is 167 Å². The zero-order chi connectivity index (χ0) is 20.2. The van der Waals surface area contributed by atoms with Gasteiger partial charge in [0.1, 0.15) is 5.75 Å². The van der Waals surface area contributed by atoms with Crippen LogP contribution in [0.2, 0.25) is 0 Å². The molecule has 0 unspecified atom stereocenters. The molecule has 0 amide bonds. The molecule has 0 spiro atoms. The summed E-state index contributed by atoms with van der Waals surface area (Å²) in [4.78, 5) is 27.0. The van der Waals surface area contributed by atoms with Gasteiger partial charge >= 0.3 is 11.9 Å². The summed E-state index contributed by atoms with van der Waals surface area (Å²) < 4.78 is 15.2. The summed E-state index contributed by atoms with van der Waals surface area (Å²) >= 11 is 1.36. The Morgan fingerprint density at radius 2 is 1.86 bits per heavy atom. The van der Waals surface area contributed by atoms with Crippen LogP contribution in [0.1, 0.15) is 31.5 Å². The molecule has 1 aromatic heterocycles. The highest BCUT2D eigenvalue weighted by Gasteiger charge is 2.08. The summed E-state index contributed by atoms with van der Waals surface area (Å²) in [7, 11) is 0. The van der Waals surface area contributed by atoms with Crippen molar-refractivity contribution in [1.82, 2.24) is 4.98 Å². The number of benzene rings is 1. The number of ether oxygens (including phenoxy) is 3. The average molecular weight is 405 g/mol. The number of carbonyl (C=O) groups is 2. The third kappa shape index (κ3) is 7.75. The number of carbonyl (C=O) groups excluding carboxylic acids is 2. The molecular formula is C19H23N3O5S. The SMILES string of the molecule is CCOC(=O)CCOc1ccc(C=NNc2nc(CC(=O)OCC)cs2)cc1. The Morgan fingerprint density at radius 3 is 2.57 bits per heavy atom. The Morgan fingerprint density at radius 1 is 1.14 bits per heavy atom. The predicted octanol–water partition coefficient (Wildman–Crippen LogP) is 3.03. The van der Waals surface area contributed by atoms with Crippen molar-refractivity contribution < 1.29 is 23.8 Å². The number of rotatable bonds is 11. The lowest BCUT2D eigenvalue weighted by Gasteiger charge is -2.06. The number of hydrogen-bond donors (Lipinski definition) is 1. The second-order valence-electron chi connectivity index (χ2n) is 5.47. The summed E-state index contributed by atoms with van der Waals surface area (Å²) in [6.07, 6.45) is 2.01. The first kappa shape index (κ1) is 21.4. The van der Waals surface area contributed by atoms with Crippen molar-refractivity contribution in [1.29, 1.82) is 0 Å². The van der Waals surface area contributed by atoms with Crippen LogP contribution in [0, 0.1) is 0 Å². The van der Waals surface area contributed by atoms with Crippen molar-refractivity contribution in [2.75, 3.05) is 25.2 Å². The summed E-state index contributed by atoms with van der Waals surface area (Å²) in [5.41, 5.74) is 4.35. The lowest BCUT2D eigenvalue weighted by molar-refractivity contribution is -0.144. The highest BCUT2D eigenvalue weighted by molar-refractivity contribution is 7.13. The van der Waals surface area contributed by atoms with Crippen LogP contribution in [0.5, 0.6) is 5.75 Å². The molecule has 0 fully saturated rings. The molecule has 28 heavy (non-hydrogen) atoms. The molecule has 0 radical (unpaired) electrons. The van der Waals surface area contributed by atoms with Gasteiger partial charge in [-0.3, -0.25) is 15.0 Å². The molecular weight excluding hydrogens is 382 g/mol. The number of nitrogens with zero attached hydrogens (tertiary/aromatic N) is 2. The smallest absolute Gasteiger partial charge is 0.311 e. The fraction of sp³-hybridized carbons (Fsp3) is 0.368. The summed E-state index contributed by atoms with van der Waals surface area (Å²) in [5, 5.41) is 6.51. The minimum absolute atomic E-state index is 0.146. The zero-order valence-electron chi connectivity index (χ0n) is 15.8. The topological polar surface area (TPSA) is 99.1 Å². The molecule has 1 aromatic carbocycles. The second kappa shape index (κ2) is 11.7. The Hall–Kier alpha value is -2.94. The average Bonchev–Trinajstić information content (AvgIpc) is 3.10. The fourth-order valence-corrected chi connectivity index (χ4v) is 2.76. The highest BCUT2D eigenvalue weighted by atomic mass is 32.1. The first-order valence-electron chi connectivity index (χ1n) is 8.88. The van der Waals surface area contributed by atoms with E-state index in [-0.39, 0.29) is 31.4 Å². The van der Waals surface area contributed by atoms with Gasteiger partial charge in [0, 0.05) is 5.38 Å². The van der Waals surface area contributed by atoms with Gasteiger partial charge in [-0.2, -0.15) is 5.10 Å². The fourth-order valence-electron chi connectivity index (χ4n) is 2.10. The molecule has 0 aliphatic carbocycles. The van der Waals surface area contributed by atoms with Gasteiger partial charge in [0.05, 0.1) is 44.6 Å². The second-order valence-corrected chi connectivity index (χ2v) is 6.33. The number of aromatic nitrogens is 1. The first-order valence-corrected chi connectivity index (χ1v) is 9.76. The van der Waals surface area contributed by atoms with Gasteiger partial charge in [-0.25, -0.2) is 4.98 Å².